The first-order valence-corrected chi connectivity index (χ1v) is 3.17. The summed E-state index contributed by atoms with van der Waals surface area (Å²) < 4.78 is 10.5. The largest absolute Gasteiger partial charge is 0.347 e. The second kappa shape index (κ2) is 1.45. The zero-order valence-electron chi connectivity index (χ0n) is 4.96. The maximum atomic E-state index is 5.34. The first kappa shape index (κ1) is 4.77. The van der Waals surface area contributed by atoms with Gasteiger partial charge >= 0.3 is 0 Å². The standard InChI is InChI=1S/C6H10O2/c1-4-2-3-5-6(7-4)8-5/h4-6H,2-3H2,1H3. The van der Waals surface area contributed by atoms with Crippen molar-refractivity contribution in [2.24, 2.45) is 0 Å². The zero-order valence-corrected chi connectivity index (χ0v) is 4.96. The second-order valence-electron chi connectivity index (χ2n) is 2.57. The van der Waals surface area contributed by atoms with E-state index in [0.29, 0.717) is 12.2 Å². The molecule has 0 aromatic carbocycles. The highest BCUT2D eigenvalue weighted by atomic mass is 16.8. The van der Waals surface area contributed by atoms with E-state index in [2.05, 4.69) is 6.92 Å². The predicted octanol–water partition coefficient (Wildman–Crippen LogP) is 0.910. The van der Waals surface area contributed by atoms with Crippen LogP contribution in [0.1, 0.15) is 19.8 Å². The molecule has 0 saturated carbocycles. The number of hydrogen-bond acceptors (Lipinski definition) is 2. The molecule has 2 aliphatic rings. The molecule has 0 N–H and O–H groups in total. The summed E-state index contributed by atoms with van der Waals surface area (Å²) in [4.78, 5) is 0. The quantitative estimate of drug-likeness (QED) is 0.436. The monoisotopic (exact) mass is 114 g/mol. The van der Waals surface area contributed by atoms with Gasteiger partial charge in [-0.2, -0.15) is 0 Å². The van der Waals surface area contributed by atoms with Gasteiger partial charge in [0, 0.05) is 0 Å². The van der Waals surface area contributed by atoms with Crippen LogP contribution in [-0.4, -0.2) is 18.5 Å². The van der Waals surface area contributed by atoms with Crippen LogP contribution in [0, 0.1) is 0 Å². The minimum Gasteiger partial charge on any atom is -0.347 e. The summed E-state index contributed by atoms with van der Waals surface area (Å²) >= 11 is 0. The maximum absolute atomic E-state index is 5.34. The Kier molecular flexibility index (Phi) is 0.866. The highest BCUT2D eigenvalue weighted by molar-refractivity contribution is 4.82. The van der Waals surface area contributed by atoms with E-state index in [1.807, 2.05) is 0 Å². The van der Waals surface area contributed by atoms with Gasteiger partial charge < -0.3 is 9.47 Å². The molecule has 0 amide bonds. The first-order chi connectivity index (χ1) is 3.86. The lowest BCUT2D eigenvalue weighted by Crippen LogP contribution is -2.18. The van der Waals surface area contributed by atoms with E-state index in [1.165, 1.54) is 12.8 Å². The number of hydrogen-bond donors (Lipinski definition) is 0. The molecule has 2 heterocycles. The molecule has 2 fully saturated rings. The summed E-state index contributed by atoms with van der Waals surface area (Å²) in [6.07, 6.45) is 3.44. The van der Waals surface area contributed by atoms with Crippen molar-refractivity contribution in [3.05, 3.63) is 0 Å². The van der Waals surface area contributed by atoms with Crippen LogP contribution >= 0.6 is 0 Å². The van der Waals surface area contributed by atoms with E-state index >= 15 is 0 Å². The number of fused-ring (bicyclic) bond motifs is 1. The summed E-state index contributed by atoms with van der Waals surface area (Å²) in [5.41, 5.74) is 0. The van der Waals surface area contributed by atoms with Gasteiger partial charge in [0.2, 0.25) is 0 Å². The van der Waals surface area contributed by atoms with Crippen LogP contribution in [0.4, 0.5) is 0 Å². The summed E-state index contributed by atoms with van der Waals surface area (Å²) in [6, 6.07) is 0. The molecular weight excluding hydrogens is 104 g/mol. The lowest BCUT2D eigenvalue weighted by molar-refractivity contribution is -0.0107. The average Bonchev–Trinajstić information content (AvgIpc) is 2.43. The lowest BCUT2D eigenvalue weighted by atomic mass is 10.1. The fraction of sp³-hybridized carbons (Fsp3) is 1.00. The molecular formula is C6H10O2. The summed E-state index contributed by atoms with van der Waals surface area (Å²) in [5.74, 6) is 0. The van der Waals surface area contributed by atoms with Crippen molar-refractivity contribution in [1.29, 1.82) is 0 Å². The van der Waals surface area contributed by atoms with Crippen molar-refractivity contribution in [2.45, 2.75) is 38.3 Å². The van der Waals surface area contributed by atoms with Gasteiger partial charge in [-0.15, -0.1) is 0 Å². The van der Waals surface area contributed by atoms with Crippen LogP contribution in [0.2, 0.25) is 0 Å². The van der Waals surface area contributed by atoms with Crippen molar-refractivity contribution >= 4 is 0 Å². The molecule has 0 bridgehead atoms. The Balaban J connectivity index is 1.93. The fourth-order valence-electron chi connectivity index (χ4n) is 1.15. The van der Waals surface area contributed by atoms with Crippen LogP contribution in [0.3, 0.4) is 0 Å². The third-order valence-electron chi connectivity index (χ3n) is 1.76. The van der Waals surface area contributed by atoms with Gasteiger partial charge in [0.15, 0.2) is 6.29 Å². The molecule has 0 aliphatic carbocycles. The number of rotatable bonds is 0. The molecule has 8 heavy (non-hydrogen) atoms. The van der Waals surface area contributed by atoms with Crippen molar-refractivity contribution in [2.75, 3.05) is 0 Å². The molecule has 0 radical (unpaired) electrons. The molecule has 0 aromatic rings. The van der Waals surface area contributed by atoms with Gasteiger partial charge in [0.05, 0.1) is 6.10 Å². The van der Waals surface area contributed by atoms with Crippen LogP contribution in [0.5, 0.6) is 0 Å². The smallest absolute Gasteiger partial charge is 0.184 e. The Morgan fingerprint density at radius 3 is 2.75 bits per heavy atom. The number of epoxide rings is 1. The maximum Gasteiger partial charge on any atom is 0.184 e. The van der Waals surface area contributed by atoms with E-state index in [0.717, 1.165) is 0 Å². The van der Waals surface area contributed by atoms with Crippen LogP contribution in [-0.2, 0) is 9.47 Å². The molecule has 2 rings (SSSR count). The minimum absolute atomic E-state index is 0.179. The van der Waals surface area contributed by atoms with E-state index in [1.54, 1.807) is 0 Å². The molecule has 2 heteroatoms. The lowest BCUT2D eigenvalue weighted by Gasteiger charge is -2.13. The zero-order chi connectivity index (χ0) is 5.56. The Bertz CT molecular complexity index is 103. The Hall–Kier alpha value is -0.0800. The normalized spacial score (nSPS) is 52.9. The Morgan fingerprint density at radius 1 is 1.25 bits per heavy atom. The molecule has 2 saturated heterocycles. The highest BCUT2D eigenvalue weighted by Gasteiger charge is 2.44. The average molecular weight is 114 g/mol. The van der Waals surface area contributed by atoms with Crippen molar-refractivity contribution < 1.29 is 9.47 Å². The summed E-state index contributed by atoms with van der Waals surface area (Å²) in [5, 5.41) is 0. The molecule has 3 atom stereocenters. The van der Waals surface area contributed by atoms with Gasteiger partial charge in [-0.3, -0.25) is 0 Å². The van der Waals surface area contributed by atoms with Crippen molar-refractivity contribution in [3.63, 3.8) is 0 Å². The van der Waals surface area contributed by atoms with Gasteiger partial charge in [-0.25, -0.2) is 0 Å². The molecule has 3 unspecified atom stereocenters. The predicted molar refractivity (Wildman–Crippen MR) is 28.4 cm³/mol. The van der Waals surface area contributed by atoms with E-state index < -0.39 is 0 Å². The molecule has 0 aromatic heterocycles. The first-order valence-electron chi connectivity index (χ1n) is 3.17. The third kappa shape index (κ3) is 0.644. The van der Waals surface area contributed by atoms with Crippen molar-refractivity contribution in [3.8, 4) is 0 Å². The van der Waals surface area contributed by atoms with Crippen LogP contribution < -0.4 is 0 Å². The van der Waals surface area contributed by atoms with Crippen LogP contribution in [0.15, 0.2) is 0 Å². The molecule has 2 aliphatic heterocycles. The van der Waals surface area contributed by atoms with Gasteiger partial charge in [-0.1, -0.05) is 0 Å². The topological polar surface area (TPSA) is 21.8 Å². The highest BCUT2D eigenvalue weighted by Crippen LogP contribution is 2.34. The van der Waals surface area contributed by atoms with Crippen molar-refractivity contribution in [1.82, 2.24) is 0 Å². The van der Waals surface area contributed by atoms with E-state index in [-0.39, 0.29) is 6.29 Å². The summed E-state index contributed by atoms with van der Waals surface area (Å²) in [6.45, 7) is 2.10. The summed E-state index contributed by atoms with van der Waals surface area (Å²) in [7, 11) is 0. The van der Waals surface area contributed by atoms with E-state index in [4.69, 9.17) is 9.47 Å². The minimum atomic E-state index is 0.179. The number of ether oxygens (including phenoxy) is 2. The molecule has 0 spiro atoms. The van der Waals surface area contributed by atoms with Gasteiger partial charge in [0.1, 0.15) is 6.10 Å². The second-order valence-corrected chi connectivity index (χ2v) is 2.57. The molecule has 46 valence electrons. The van der Waals surface area contributed by atoms with Crippen LogP contribution in [0.25, 0.3) is 0 Å². The van der Waals surface area contributed by atoms with Gasteiger partial charge in [-0.05, 0) is 19.8 Å². The van der Waals surface area contributed by atoms with E-state index in [9.17, 15) is 0 Å². The fourth-order valence-corrected chi connectivity index (χ4v) is 1.15. The third-order valence-corrected chi connectivity index (χ3v) is 1.76. The SMILES string of the molecule is CC1CCC2OC2O1. The Labute approximate surface area is 48.8 Å². The van der Waals surface area contributed by atoms with Gasteiger partial charge in [0.25, 0.3) is 0 Å². The Morgan fingerprint density at radius 2 is 2.12 bits per heavy atom. The molecule has 2 nitrogen and oxygen atoms in total.